The van der Waals surface area contributed by atoms with E-state index >= 15 is 0 Å². The molecule has 5 nitrogen and oxygen atoms in total. The average Bonchev–Trinajstić information content (AvgIpc) is 2.45. The number of pyridine rings is 1. The van der Waals surface area contributed by atoms with E-state index < -0.39 is 23.9 Å². The Bertz CT molecular complexity index is 631. The molecule has 1 heterocycles. The van der Waals surface area contributed by atoms with Gasteiger partial charge in [0, 0.05) is 6.20 Å². The molecule has 1 aromatic heterocycles. The van der Waals surface area contributed by atoms with Gasteiger partial charge in [-0.2, -0.15) is 4.39 Å². The first-order chi connectivity index (χ1) is 9.59. The molecular weight excluding hydrogens is 263 g/mol. The van der Waals surface area contributed by atoms with Crippen molar-refractivity contribution in [2.24, 2.45) is 0 Å². The molecule has 2 aromatic rings. The van der Waals surface area contributed by atoms with Crippen molar-refractivity contribution in [3.8, 4) is 0 Å². The first-order valence-corrected chi connectivity index (χ1v) is 5.78. The minimum absolute atomic E-state index is 0.297. The number of nitrogens with one attached hydrogen (secondary N) is 1. The summed E-state index contributed by atoms with van der Waals surface area (Å²) in [5.74, 6) is -3.00. The molecule has 2 rings (SSSR count). The number of carbonyl (C=O) groups is 2. The smallest absolute Gasteiger partial charge is 0.330 e. The zero-order valence-electron chi connectivity index (χ0n) is 10.3. The van der Waals surface area contributed by atoms with Crippen LogP contribution in [0.5, 0.6) is 0 Å². The van der Waals surface area contributed by atoms with E-state index in [0.29, 0.717) is 5.56 Å². The molecule has 0 aliphatic heterocycles. The fraction of sp³-hybridized carbons (Fsp3) is 0.0714. The van der Waals surface area contributed by atoms with Crippen molar-refractivity contribution < 1.29 is 19.1 Å². The summed E-state index contributed by atoms with van der Waals surface area (Å²) in [5.41, 5.74) is 0.104. The Hall–Kier alpha value is -2.76. The molecule has 0 bridgehead atoms. The number of aromatic nitrogens is 1. The number of carboxylic acid groups (broad SMARTS) is 1. The van der Waals surface area contributed by atoms with E-state index in [2.05, 4.69) is 10.3 Å². The third-order valence-corrected chi connectivity index (χ3v) is 2.66. The van der Waals surface area contributed by atoms with Crippen molar-refractivity contribution >= 4 is 11.9 Å². The van der Waals surface area contributed by atoms with Crippen LogP contribution in [0.25, 0.3) is 0 Å². The third kappa shape index (κ3) is 2.97. The van der Waals surface area contributed by atoms with Gasteiger partial charge in [0.25, 0.3) is 5.91 Å². The van der Waals surface area contributed by atoms with Crippen LogP contribution in [0.2, 0.25) is 0 Å². The molecular formula is C14H11FN2O3. The number of rotatable bonds is 4. The summed E-state index contributed by atoms with van der Waals surface area (Å²) in [5, 5.41) is 11.4. The van der Waals surface area contributed by atoms with Crippen molar-refractivity contribution in [3.05, 3.63) is 65.7 Å². The normalized spacial score (nSPS) is 11.7. The second kappa shape index (κ2) is 5.92. The minimum atomic E-state index is -1.25. The van der Waals surface area contributed by atoms with E-state index in [-0.39, 0.29) is 5.56 Å². The zero-order valence-corrected chi connectivity index (χ0v) is 10.3. The third-order valence-electron chi connectivity index (χ3n) is 2.66. The SMILES string of the molecule is O=C(N[C@@H](C(=O)O)c1ccccc1)c1cccnc1F. The van der Waals surface area contributed by atoms with Crippen LogP contribution in [0.3, 0.4) is 0 Å². The standard InChI is InChI=1S/C14H11FN2O3/c15-12-10(7-4-8-16-12)13(18)17-11(14(19)20)9-5-2-1-3-6-9/h1-8,11H,(H,17,18)(H,19,20)/t11-/m1/s1. The van der Waals surface area contributed by atoms with E-state index in [4.69, 9.17) is 5.11 Å². The summed E-state index contributed by atoms with van der Waals surface area (Å²) in [7, 11) is 0. The molecule has 1 aromatic carbocycles. The molecule has 0 aliphatic rings. The number of benzene rings is 1. The predicted molar refractivity (Wildman–Crippen MR) is 68.5 cm³/mol. The molecule has 2 N–H and O–H groups in total. The van der Waals surface area contributed by atoms with Crippen LogP contribution < -0.4 is 5.32 Å². The molecule has 0 unspecified atom stereocenters. The fourth-order valence-electron chi connectivity index (χ4n) is 1.70. The lowest BCUT2D eigenvalue weighted by Crippen LogP contribution is -2.34. The maximum Gasteiger partial charge on any atom is 0.330 e. The Morgan fingerprint density at radius 3 is 2.45 bits per heavy atom. The second-order valence-electron chi connectivity index (χ2n) is 4.00. The Morgan fingerprint density at radius 1 is 1.15 bits per heavy atom. The van der Waals surface area contributed by atoms with Gasteiger partial charge in [-0.1, -0.05) is 30.3 Å². The number of aliphatic carboxylic acids is 1. The summed E-state index contributed by atoms with van der Waals surface area (Å²) >= 11 is 0. The molecule has 0 aliphatic carbocycles. The van der Waals surface area contributed by atoms with Crippen molar-refractivity contribution in [2.75, 3.05) is 0 Å². The van der Waals surface area contributed by atoms with Crippen LogP contribution in [-0.4, -0.2) is 22.0 Å². The quantitative estimate of drug-likeness (QED) is 0.833. The molecule has 1 atom stereocenters. The van der Waals surface area contributed by atoms with Gasteiger partial charge in [-0.05, 0) is 17.7 Å². The summed E-state index contributed by atoms with van der Waals surface area (Å²) in [4.78, 5) is 26.5. The van der Waals surface area contributed by atoms with Crippen molar-refractivity contribution in [1.82, 2.24) is 10.3 Å². The predicted octanol–water partition coefficient (Wildman–Crippen LogP) is 1.78. The average molecular weight is 274 g/mol. The maximum absolute atomic E-state index is 13.4. The molecule has 0 spiro atoms. The number of hydrogen-bond donors (Lipinski definition) is 2. The molecule has 6 heteroatoms. The van der Waals surface area contributed by atoms with Crippen LogP contribution in [-0.2, 0) is 4.79 Å². The van der Waals surface area contributed by atoms with E-state index in [1.165, 1.54) is 18.3 Å². The lowest BCUT2D eigenvalue weighted by Gasteiger charge is -2.14. The number of carboxylic acids is 1. The highest BCUT2D eigenvalue weighted by atomic mass is 19.1. The Labute approximate surface area is 114 Å². The molecule has 0 saturated carbocycles. The number of halogens is 1. The van der Waals surface area contributed by atoms with E-state index in [9.17, 15) is 14.0 Å². The summed E-state index contributed by atoms with van der Waals surface area (Å²) in [6.45, 7) is 0. The number of nitrogens with zero attached hydrogens (tertiary/aromatic N) is 1. The van der Waals surface area contributed by atoms with Gasteiger partial charge in [0.1, 0.15) is 0 Å². The monoisotopic (exact) mass is 274 g/mol. The van der Waals surface area contributed by atoms with Crippen molar-refractivity contribution in [3.63, 3.8) is 0 Å². The zero-order chi connectivity index (χ0) is 14.5. The van der Waals surface area contributed by atoms with Gasteiger partial charge in [0.05, 0.1) is 5.56 Å². The maximum atomic E-state index is 13.4. The van der Waals surface area contributed by atoms with Gasteiger partial charge >= 0.3 is 5.97 Å². The van der Waals surface area contributed by atoms with Crippen LogP contribution >= 0.6 is 0 Å². The van der Waals surface area contributed by atoms with Crippen molar-refractivity contribution in [1.29, 1.82) is 0 Å². The summed E-state index contributed by atoms with van der Waals surface area (Å²) < 4.78 is 13.4. The van der Waals surface area contributed by atoms with E-state index in [1.54, 1.807) is 30.3 Å². The largest absolute Gasteiger partial charge is 0.479 e. The molecule has 0 saturated heterocycles. The molecule has 0 radical (unpaired) electrons. The molecule has 0 fully saturated rings. The van der Waals surface area contributed by atoms with Crippen LogP contribution in [0.1, 0.15) is 22.0 Å². The highest BCUT2D eigenvalue weighted by Crippen LogP contribution is 2.14. The highest BCUT2D eigenvalue weighted by molar-refractivity contribution is 5.96. The first kappa shape index (κ1) is 13.7. The topological polar surface area (TPSA) is 79.3 Å². The second-order valence-corrected chi connectivity index (χ2v) is 4.00. The fourth-order valence-corrected chi connectivity index (χ4v) is 1.70. The van der Waals surface area contributed by atoms with Gasteiger partial charge in [-0.25, -0.2) is 9.78 Å². The Balaban J connectivity index is 2.24. The van der Waals surface area contributed by atoms with Gasteiger partial charge in [0.2, 0.25) is 5.95 Å². The lowest BCUT2D eigenvalue weighted by atomic mass is 10.1. The number of amides is 1. The van der Waals surface area contributed by atoms with Gasteiger partial charge in [-0.15, -0.1) is 0 Å². The Morgan fingerprint density at radius 2 is 1.85 bits per heavy atom. The molecule has 20 heavy (non-hydrogen) atoms. The van der Waals surface area contributed by atoms with Gasteiger partial charge < -0.3 is 10.4 Å². The first-order valence-electron chi connectivity index (χ1n) is 5.78. The number of hydrogen-bond acceptors (Lipinski definition) is 3. The summed E-state index contributed by atoms with van der Waals surface area (Å²) in [6, 6.07) is 9.56. The highest BCUT2D eigenvalue weighted by Gasteiger charge is 2.23. The van der Waals surface area contributed by atoms with Crippen LogP contribution in [0.4, 0.5) is 4.39 Å². The van der Waals surface area contributed by atoms with Crippen LogP contribution in [0.15, 0.2) is 48.7 Å². The van der Waals surface area contributed by atoms with E-state index in [1.807, 2.05) is 0 Å². The molecule has 1 amide bonds. The lowest BCUT2D eigenvalue weighted by molar-refractivity contribution is -0.139. The van der Waals surface area contributed by atoms with Crippen LogP contribution in [0, 0.1) is 5.95 Å². The van der Waals surface area contributed by atoms with E-state index in [0.717, 1.165) is 0 Å². The Kier molecular flexibility index (Phi) is 4.05. The molecule has 102 valence electrons. The van der Waals surface area contributed by atoms with Gasteiger partial charge in [0.15, 0.2) is 6.04 Å². The van der Waals surface area contributed by atoms with Gasteiger partial charge in [-0.3, -0.25) is 4.79 Å². The van der Waals surface area contributed by atoms with Crippen molar-refractivity contribution in [2.45, 2.75) is 6.04 Å². The number of carbonyl (C=O) groups excluding carboxylic acids is 1. The summed E-state index contributed by atoms with van der Waals surface area (Å²) in [6.07, 6.45) is 1.21. The minimum Gasteiger partial charge on any atom is -0.479 e.